The Morgan fingerprint density at radius 3 is 2.87 bits per heavy atom. The number of fused-ring (bicyclic) bond motifs is 1. The highest BCUT2D eigenvalue weighted by Gasteiger charge is 2.39. The van der Waals surface area contributed by atoms with E-state index in [1.165, 1.54) is 4.90 Å². The number of carbonyl (C=O) groups excluding carboxylic acids is 3. The van der Waals surface area contributed by atoms with Crippen molar-refractivity contribution in [1.29, 1.82) is 0 Å². The number of aliphatic hydroxyl groups is 1. The number of carbonyl (C=O) groups is 3. The summed E-state index contributed by atoms with van der Waals surface area (Å²) in [6.45, 7) is 2.05. The molecule has 2 saturated heterocycles. The van der Waals surface area contributed by atoms with Crippen molar-refractivity contribution in [2.45, 2.75) is 50.9 Å². The van der Waals surface area contributed by atoms with Crippen molar-refractivity contribution >= 4 is 17.7 Å². The minimum atomic E-state index is -0.626. The van der Waals surface area contributed by atoms with Crippen LogP contribution in [0.15, 0.2) is 24.4 Å². The first-order valence-electron chi connectivity index (χ1n) is 10.6. The Bertz CT molecular complexity index is 1050. The minimum absolute atomic E-state index is 0.144. The fraction of sp³-hybridized carbons (Fsp3) is 0.476. The van der Waals surface area contributed by atoms with Crippen LogP contribution in [0.2, 0.25) is 0 Å². The van der Waals surface area contributed by atoms with Gasteiger partial charge in [0.25, 0.3) is 5.91 Å². The predicted molar refractivity (Wildman–Crippen MR) is 108 cm³/mol. The number of piperidine rings is 1. The molecule has 10 heteroatoms. The van der Waals surface area contributed by atoms with Crippen LogP contribution < -0.4 is 5.32 Å². The first-order chi connectivity index (χ1) is 15.0. The molecule has 1 aromatic heterocycles. The molecule has 31 heavy (non-hydrogen) atoms. The van der Waals surface area contributed by atoms with Gasteiger partial charge in [0.1, 0.15) is 6.04 Å². The van der Waals surface area contributed by atoms with Gasteiger partial charge in [-0.15, -0.1) is 5.10 Å². The maximum Gasteiger partial charge on any atom is 0.255 e. The van der Waals surface area contributed by atoms with Crippen molar-refractivity contribution < 1.29 is 19.5 Å². The van der Waals surface area contributed by atoms with E-state index in [2.05, 4.69) is 20.5 Å². The molecule has 5 rings (SSSR count). The van der Waals surface area contributed by atoms with E-state index in [0.717, 1.165) is 36.3 Å². The summed E-state index contributed by atoms with van der Waals surface area (Å²) in [6, 6.07) is 5.07. The molecule has 3 amide bonds. The Balaban J connectivity index is 1.33. The summed E-state index contributed by atoms with van der Waals surface area (Å²) in [5.41, 5.74) is 2.91. The quantitative estimate of drug-likeness (QED) is 0.648. The van der Waals surface area contributed by atoms with Crippen LogP contribution in [-0.2, 0) is 22.7 Å². The molecule has 2 N–H and O–H groups in total. The number of hydrogen-bond donors (Lipinski definition) is 2. The molecule has 0 radical (unpaired) electrons. The number of hydrogen-bond acceptors (Lipinski definition) is 7. The highest BCUT2D eigenvalue weighted by Crippen LogP contribution is 2.29. The third-order valence-corrected chi connectivity index (χ3v) is 6.39. The van der Waals surface area contributed by atoms with Gasteiger partial charge in [0.05, 0.1) is 24.2 Å². The van der Waals surface area contributed by atoms with Gasteiger partial charge in [-0.05, 0) is 43.5 Å². The van der Waals surface area contributed by atoms with E-state index in [9.17, 15) is 19.5 Å². The number of likely N-dealkylation sites (tertiary alicyclic amines) is 1. The molecule has 1 aromatic carbocycles. The molecule has 2 aromatic rings. The Morgan fingerprint density at radius 2 is 2.06 bits per heavy atom. The summed E-state index contributed by atoms with van der Waals surface area (Å²) < 4.78 is 1.64. The predicted octanol–water partition coefficient (Wildman–Crippen LogP) is -0.0150. The average Bonchev–Trinajstić information content (AvgIpc) is 3.48. The number of aromatic nitrogens is 3. The van der Waals surface area contributed by atoms with E-state index < -0.39 is 11.9 Å². The van der Waals surface area contributed by atoms with Crippen LogP contribution in [0.5, 0.6) is 0 Å². The van der Waals surface area contributed by atoms with E-state index in [0.29, 0.717) is 25.1 Å². The summed E-state index contributed by atoms with van der Waals surface area (Å²) >= 11 is 0. The number of nitrogens with zero attached hydrogens (tertiary/aromatic N) is 5. The van der Waals surface area contributed by atoms with Gasteiger partial charge in [0, 0.05) is 31.1 Å². The monoisotopic (exact) mass is 424 g/mol. The van der Waals surface area contributed by atoms with E-state index in [1.54, 1.807) is 10.7 Å². The fourth-order valence-electron chi connectivity index (χ4n) is 4.70. The lowest BCUT2D eigenvalue weighted by Gasteiger charge is -2.29. The van der Waals surface area contributed by atoms with E-state index >= 15 is 0 Å². The maximum absolute atomic E-state index is 13.0. The molecule has 2 unspecified atom stereocenters. The molecule has 2 fully saturated rings. The van der Waals surface area contributed by atoms with Gasteiger partial charge in [0.15, 0.2) is 0 Å². The molecule has 162 valence electrons. The van der Waals surface area contributed by atoms with Crippen molar-refractivity contribution in [2.75, 3.05) is 13.2 Å². The molecule has 0 saturated carbocycles. The molecule has 10 nitrogen and oxygen atoms in total. The Labute approximate surface area is 178 Å². The number of amides is 3. The number of benzene rings is 1. The van der Waals surface area contributed by atoms with Crippen LogP contribution in [0.4, 0.5) is 0 Å². The number of rotatable bonds is 5. The van der Waals surface area contributed by atoms with Crippen LogP contribution in [0, 0.1) is 0 Å². The van der Waals surface area contributed by atoms with Crippen molar-refractivity contribution in [3.8, 4) is 5.69 Å². The second-order valence-corrected chi connectivity index (χ2v) is 8.34. The SMILES string of the molecule is O=C1CCC(N2Cc3ccc(-n4cc(CN5CCCC5CO)nn4)cc3C2=O)C(=O)N1. The molecule has 2 atom stereocenters. The molecular formula is C21H24N6O4. The lowest BCUT2D eigenvalue weighted by atomic mass is 10.0. The zero-order valence-corrected chi connectivity index (χ0v) is 17.0. The maximum atomic E-state index is 13.0. The summed E-state index contributed by atoms with van der Waals surface area (Å²) in [7, 11) is 0. The van der Waals surface area contributed by atoms with Crippen molar-refractivity contribution in [3.05, 3.63) is 41.2 Å². The highest BCUT2D eigenvalue weighted by molar-refractivity contribution is 6.05. The van der Waals surface area contributed by atoms with Gasteiger partial charge in [-0.25, -0.2) is 4.68 Å². The third kappa shape index (κ3) is 3.61. The number of aliphatic hydroxyl groups excluding tert-OH is 1. The van der Waals surface area contributed by atoms with Gasteiger partial charge in [-0.3, -0.25) is 24.6 Å². The van der Waals surface area contributed by atoms with E-state index in [-0.39, 0.29) is 30.9 Å². The van der Waals surface area contributed by atoms with Crippen LogP contribution >= 0.6 is 0 Å². The van der Waals surface area contributed by atoms with Crippen LogP contribution in [0.3, 0.4) is 0 Å². The van der Waals surface area contributed by atoms with Crippen molar-refractivity contribution in [2.24, 2.45) is 0 Å². The van der Waals surface area contributed by atoms with Crippen LogP contribution in [-0.4, -0.2) is 72.9 Å². The highest BCUT2D eigenvalue weighted by atomic mass is 16.3. The molecule has 4 heterocycles. The second-order valence-electron chi connectivity index (χ2n) is 8.34. The lowest BCUT2D eigenvalue weighted by molar-refractivity contribution is -0.136. The van der Waals surface area contributed by atoms with Crippen LogP contribution in [0.1, 0.15) is 47.3 Å². The smallest absolute Gasteiger partial charge is 0.255 e. The molecule has 0 bridgehead atoms. The molecule has 3 aliphatic heterocycles. The topological polar surface area (TPSA) is 121 Å². The Morgan fingerprint density at radius 1 is 1.19 bits per heavy atom. The van der Waals surface area contributed by atoms with Crippen LogP contribution in [0.25, 0.3) is 5.69 Å². The number of nitrogens with one attached hydrogen (secondary N) is 1. The zero-order chi connectivity index (χ0) is 21.5. The summed E-state index contributed by atoms with van der Waals surface area (Å²) in [5, 5.41) is 20.3. The van der Waals surface area contributed by atoms with Crippen molar-refractivity contribution in [3.63, 3.8) is 0 Å². The Hall–Kier alpha value is -3.11. The summed E-state index contributed by atoms with van der Waals surface area (Å²) in [6.07, 6.45) is 4.47. The second kappa shape index (κ2) is 7.86. The van der Waals surface area contributed by atoms with E-state index in [1.807, 2.05) is 18.3 Å². The molecule has 0 aliphatic carbocycles. The average molecular weight is 424 g/mol. The van der Waals surface area contributed by atoms with Gasteiger partial charge < -0.3 is 10.0 Å². The first kappa shape index (κ1) is 19.8. The summed E-state index contributed by atoms with van der Waals surface area (Å²) in [5.74, 6) is -0.926. The van der Waals surface area contributed by atoms with E-state index in [4.69, 9.17) is 0 Å². The normalized spacial score (nSPS) is 24.0. The molecular weight excluding hydrogens is 400 g/mol. The molecule has 0 spiro atoms. The standard InChI is InChI=1S/C21H24N6O4/c28-12-16-2-1-7-25(16)10-14-11-27(24-23-14)15-4-3-13-9-26(21(31)17(13)8-15)18-5-6-19(29)22-20(18)30/h3-4,8,11,16,18,28H,1-2,5-7,9-10,12H2,(H,22,29,30). The van der Waals surface area contributed by atoms with Gasteiger partial charge in [0.2, 0.25) is 11.8 Å². The lowest BCUT2D eigenvalue weighted by Crippen LogP contribution is -2.52. The first-order valence-corrected chi connectivity index (χ1v) is 10.6. The fourth-order valence-corrected chi connectivity index (χ4v) is 4.70. The third-order valence-electron chi connectivity index (χ3n) is 6.39. The molecule has 3 aliphatic rings. The Kier molecular flexibility index (Phi) is 5.03. The van der Waals surface area contributed by atoms with Gasteiger partial charge in [-0.2, -0.15) is 0 Å². The zero-order valence-electron chi connectivity index (χ0n) is 17.0. The van der Waals surface area contributed by atoms with Gasteiger partial charge >= 0.3 is 0 Å². The van der Waals surface area contributed by atoms with Gasteiger partial charge in [-0.1, -0.05) is 11.3 Å². The van der Waals surface area contributed by atoms with Crippen molar-refractivity contribution in [1.82, 2.24) is 30.1 Å². The largest absolute Gasteiger partial charge is 0.395 e. The number of imide groups is 1. The summed E-state index contributed by atoms with van der Waals surface area (Å²) in [4.78, 5) is 40.3. The minimum Gasteiger partial charge on any atom is -0.395 e.